The van der Waals surface area contributed by atoms with Crippen molar-refractivity contribution >= 4 is 48.1 Å². The van der Waals surface area contributed by atoms with Gasteiger partial charge in [-0.2, -0.15) is 0 Å². The van der Waals surface area contributed by atoms with E-state index in [0.717, 1.165) is 44.1 Å². The molecule has 7 heteroatoms. The zero-order valence-electron chi connectivity index (χ0n) is 16.9. The molecule has 0 N–H and O–H groups in total. The summed E-state index contributed by atoms with van der Waals surface area (Å²) in [4.78, 5) is 10.3. The van der Waals surface area contributed by atoms with Gasteiger partial charge in [0.1, 0.15) is 11.5 Å². The van der Waals surface area contributed by atoms with Gasteiger partial charge in [-0.15, -0.1) is 9.79 Å². The van der Waals surface area contributed by atoms with Gasteiger partial charge in [0, 0.05) is 11.4 Å². The van der Waals surface area contributed by atoms with Crippen LogP contribution < -0.4 is 0 Å². The van der Waals surface area contributed by atoms with Crippen molar-refractivity contribution in [3.05, 3.63) is 96.8 Å². The smallest absolute Gasteiger partial charge is 0.778 e. The standard InChI is InChI=1S/2C12H11NOS.Pd/c2*1-9(11-6-4-8-14-11)13-10-5-2-3-7-12(10)15;/h2*2-8,15H,1H3;/q;;+2/p-2. The first-order chi connectivity index (χ1) is 14.5. The predicted molar refractivity (Wildman–Crippen MR) is 125 cm³/mol. The van der Waals surface area contributed by atoms with Crippen LogP contribution in [-0.4, -0.2) is 11.4 Å². The van der Waals surface area contributed by atoms with Crippen molar-refractivity contribution in [1.82, 2.24) is 0 Å². The molecule has 0 bridgehead atoms. The van der Waals surface area contributed by atoms with Crippen LogP contribution in [0.4, 0.5) is 11.4 Å². The number of rotatable bonds is 4. The molecule has 0 aliphatic heterocycles. The van der Waals surface area contributed by atoms with Crippen LogP contribution in [0.15, 0.2) is 114 Å². The Labute approximate surface area is 207 Å². The van der Waals surface area contributed by atoms with Crippen molar-refractivity contribution in [3.8, 4) is 0 Å². The average molecular weight is 539 g/mol. The fraction of sp³-hybridized carbons (Fsp3) is 0.0833. The van der Waals surface area contributed by atoms with E-state index in [1.54, 1.807) is 12.5 Å². The third-order valence-electron chi connectivity index (χ3n) is 4.06. The molecule has 0 unspecified atom stereocenters. The average Bonchev–Trinajstić information content (AvgIpc) is 3.46. The van der Waals surface area contributed by atoms with E-state index in [1.165, 1.54) is 0 Å². The minimum atomic E-state index is 0. The van der Waals surface area contributed by atoms with Gasteiger partial charge in [0.05, 0.1) is 23.9 Å². The van der Waals surface area contributed by atoms with Crippen molar-refractivity contribution < 1.29 is 29.3 Å². The van der Waals surface area contributed by atoms with Gasteiger partial charge in [0.25, 0.3) is 0 Å². The van der Waals surface area contributed by atoms with Crippen molar-refractivity contribution in [2.75, 3.05) is 0 Å². The van der Waals surface area contributed by atoms with Gasteiger partial charge in [-0.25, -0.2) is 0 Å². The van der Waals surface area contributed by atoms with Crippen molar-refractivity contribution in [3.63, 3.8) is 0 Å². The van der Waals surface area contributed by atoms with Crippen LogP contribution in [0.1, 0.15) is 25.4 Å². The summed E-state index contributed by atoms with van der Waals surface area (Å²) in [5, 5.41) is 0. The number of hydrogen-bond acceptors (Lipinski definition) is 6. The summed E-state index contributed by atoms with van der Waals surface area (Å²) in [6.07, 6.45) is 3.27. The second-order valence-electron chi connectivity index (χ2n) is 6.28. The fourth-order valence-electron chi connectivity index (χ4n) is 2.54. The van der Waals surface area contributed by atoms with E-state index >= 15 is 0 Å². The van der Waals surface area contributed by atoms with Crippen LogP contribution in [-0.2, 0) is 45.7 Å². The molecule has 2 aromatic heterocycles. The molecule has 4 aromatic rings. The Morgan fingerprint density at radius 2 is 1.00 bits per heavy atom. The SMILES string of the molecule is CC(=Nc1ccccc1[S-])c1ccco1.CC(=Nc1ccccc1[S-])c1ccco1.[Pd+2]. The monoisotopic (exact) mass is 538 g/mol. The van der Waals surface area contributed by atoms with Crippen LogP contribution in [0.25, 0.3) is 0 Å². The van der Waals surface area contributed by atoms with Gasteiger partial charge in [-0.1, -0.05) is 36.4 Å². The maximum absolute atomic E-state index is 5.24. The summed E-state index contributed by atoms with van der Waals surface area (Å²) >= 11 is 10.3. The Hall–Kier alpha value is -2.56. The molecular weight excluding hydrogens is 519 g/mol. The van der Waals surface area contributed by atoms with E-state index in [2.05, 4.69) is 9.98 Å². The first-order valence-corrected chi connectivity index (χ1v) is 10.1. The summed E-state index contributed by atoms with van der Waals surface area (Å²) in [5.41, 5.74) is 3.28. The quantitative estimate of drug-likeness (QED) is 0.166. The fourth-order valence-corrected chi connectivity index (χ4v) is 2.92. The van der Waals surface area contributed by atoms with Crippen LogP contribution >= 0.6 is 0 Å². The van der Waals surface area contributed by atoms with Crippen LogP contribution in [0.2, 0.25) is 0 Å². The molecule has 160 valence electrons. The molecule has 0 atom stereocenters. The Bertz CT molecular complexity index is 1050. The number of para-hydroxylation sites is 2. The molecule has 0 saturated heterocycles. The molecule has 4 rings (SSSR count). The van der Waals surface area contributed by atoms with E-state index < -0.39 is 0 Å². The molecule has 2 aromatic carbocycles. The largest absolute Gasteiger partial charge is 2.00 e. The van der Waals surface area contributed by atoms with Gasteiger partial charge in [-0.05, 0) is 50.2 Å². The normalized spacial score (nSPS) is 11.3. The number of hydrogen-bond donors (Lipinski definition) is 0. The molecule has 0 spiro atoms. The Balaban J connectivity index is 0.000000213. The van der Waals surface area contributed by atoms with Gasteiger partial charge < -0.3 is 34.1 Å². The zero-order valence-corrected chi connectivity index (χ0v) is 20.1. The maximum atomic E-state index is 5.24. The van der Waals surface area contributed by atoms with E-state index in [9.17, 15) is 0 Å². The molecule has 2 heterocycles. The van der Waals surface area contributed by atoms with E-state index in [0.29, 0.717) is 0 Å². The summed E-state index contributed by atoms with van der Waals surface area (Å²) in [7, 11) is 0. The van der Waals surface area contributed by atoms with Gasteiger partial charge in [0.15, 0.2) is 0 Å². The van der Waals surface area contributed by atoms with Gasteiger partial charge in [0.2, 0.25) is 0 Å². The molecule has 31 heavy (non-hydrogen) atoms. The number of benzene rings is 2. The van der Waals surface area contributed by atoms with E-state index in [4.69, 9.17) is 34.1 Å². The topological polar surface area (TPSA) is 51.0 Å². The number of aliphatic imine (C=N–C) groups is 2. The molecular formula is C24H20N2O2PdS2. The van der Waals surface area contributed by atoms with Crippen molar-refractivity contribution in [2.45, 2.75) is 23.6 Å². The Morgan fingerprint density at radius 3 is 1.32 bits per heavy atom. The molecule has 0 fully saturated rings. The number of nitrogens with zero attached hydrogens (tertiary/aromatic N) is 2. The number of furan rings is 2. The van der Waals surface area contributed by atoms with Crippen LogP contribution in [0, 0.1) is 0 Å². The predicted octanol–water partition coefficient (Wildman–Crippen LogP) is 6.65. The Kier molecular flexibility index (Phi) is 9.83. The Morgan fingerprint density at radius 1 is 0.613 bits per heavy atom. The summed E-state index contributed by atoms with van der Waals surface area (Å²) < 4.78 is 10.5. The van der Waals surface area contributed by atoms with Crippen molar-refractivity contribution in [2.24, 2.45) is 9.98 Å². The third-order valence-corrected chi connectivity index (χ3v) is 4.75. The van der Waals surface area contributed by atoms with E-state index in [1.807, 2.05) is 86.6 Å². The van der Waals surface area contributed by atoms with E-state index in [-0.39, 0.29) is 20.4 Å². The minimum Gasteiger partial charge on any atom is -0.778 e. The first-order valence-electron chi connectivity index (χ1n) is 9.25. The summed E-state index contributed by atoms with van der Waals surface area (Å²) in [6.45, 7) is 3.81. The molecule has 0 radical (unpaired) electrons. The first kappa shape index (κ1) is 24.7. The third kappa shape index (κ3) is 7.27. The van der Waals surface area contributed by atoms with Gasteiger partial charge in [-0.3, -0.25) is 9.98 Å². The van der Waals surface area contributed by atoms with Crippen LogP contribution in [0.3, 0.4) is 0 Å². The zero-order chi connectivity index (χ0) is 21.3. The molecule has 0 aliphatic carbocycles. The summed E-state index contributed by atoms with van der Waals surface area (Å²) in [5.74, 6) is 1.54. The second-order valence-corrected chi connectivity index (χ2v) is 7.16. The molecule has 0 aliphatic rings. The molecule has 0 saturated carbocycles. The molecule has 4 nitrogen and oxygen atoms in total. The van der Waals surface area contributed by atoms with Gasteiger partial charge >= 0.3 is 20.4 Å². The second kappa shape index (κ2) is 12.3. The maximum Gasteiger partial charge on any atom is 2.00 e. The summed E-state index contributed by atoms with van der Waals surface area (Å²) in [6, 6.07) is 22.6. The molecule has 0 amide bonds. The minimum absolute atomic E-state index is 0. The van der Waals surface area contributed by atoms with Crippen LogP contribution in [0.5, 0.6) is 0 Å². The van der Waals surface area contributed by atoms with Crippen molar-refractivity contribution in [1.29, 1.82) is 0 Å².